The van der Waals surface area contributed by atoms with Crippen molar-refractivity contribution in [2.24, 2.45) is 0 Å². The first-order valence-electron chi connectivity index (χ1n) is 10.4. The van der Waals surface area contributed by atoms with Gasteiger partial charge >= 0.3 is 6.09 Å². The van der Waals surface area contributed by atoms with Crippen LogP contribution in [0.2, 0.25) is 0 Å². The lowest BCUT2D eigenvalue weighted by Crippen LogP contribution is -2.48. The van der Waals surface area contributed by atoms with Crippen molar-refractivity contribution in [1.82, 2.24) is 19.8 Å². The summed E-state index contributed by atoms with van der Waals surface area (Å²) in [6, 6.07) is 16.8. The van der Waals surface area contributed by atoms with Crippen molar-refractivity contribution >= 4 is 23.0 Å². The Morgan fingerprint density at radius 2 is 1.71 bits per heavy atom. The molecule has 31 heavy (non-hydrogen) atoms. The summed E-state index contributed by atoms with van der Waals surface area (Å²) < 4.78 is 5.56. The van der Waals surface area contributed by atoms with Crippen LogP contribution in [0.4, 0.5) is 4.79 Å². The molecule has 8 heteroatoms. The second-order valence-corrected chi connectivity index (χ2v) is 7.89. The molecule has 0 saturated carbocycles. The lowest BCUT2D eigenvalue weighted by molar-refractivity contribution is 0.0651. The molecule has 0 radical (unpaired) electrons. The number of H-pyrrole nitrogens is 1. The number of piperidine rings is 1. The highest BCUT2D eigenvalue weighted by Crippen LogP contribution is 2.30. The van der Waals surface area contributed by atoms with E-state index >= 15 is 0 Å². The molecule has 158 valence electrons. The van der Waals surface area contributed by atoms with Gasteiger partial charge in [0.1, 0.15) is 6.10 Å². The van der Waals surface area contributed by atoms with Gasteiger partial charge in [-0.3, -0.25) is 9.59 Å². The van der Waals surface area contributed by atoms with Crippen LogP contribution in [0.3, 0.4) is 0 Å². The van der Waals surface area contributed by atoms with Gasteiger partial charge in [-0.15, -0.1) is 0 Å². The normalized spacial score (nSPS) is 19.6. The Morgan fingerprint density at radius 1 is 1.00 bits per heavy atom. The van der Waals surface area contributed by atoms with E-state index in [1.807, 2.05) is 36.4 Å². The van der Waals surface area contributed by atoms with Crippen LogP contribution in [-0.4, -0.2) is 57.4 Å². The number of likely N-dealkylation sites (tertiary alicyclic amines) is 1. The predicted octanol–water partition coefficient (Wildman–Crippen LogP) is 2.72. The minimum atomic E-state index is -0.486. The number of rotatable bonds is 3. The number of cyclic esters (lactones) is 1. The topological polar surface area (TPSA) is 95.6 Å². The Balaban J connectivity index is 1.25. The first kappa shape index (κ1) is 19.3. The Labute approximate surface area is 178 Å². The average Bonchev–Trinajstić information content (AvgIpc) is 3.20. The van der Waals surface area contributed by atoms with Gasteiger partial charge in [-0.1, -0.05) is 42.5 Å². The Morgan fingerprint density at radius 3 is 2.48 bits per heavy atom. The van der Waals surface area contributed by atoms with Gasteiger partial charge in [-0.05, 0) is 30.5 Å². The molecule has 0 spiro atoms. The molecule has 1 N–H and O–H groups in total. The summed E-state index contributed by atoms with van der Waals surface area (Å²) in [4.78, 5) is 48.1. The van der Waals surface area contributed by atoms with Crippen LogP contribution in [0.1, 0.15) is 35.0 Å². The zero-order valence-corrected chi connectivity index (χ0v) is 16.9. The Hall–Kier alpha value is -3.68. The molecule has 1 aromatic heterocycles. The van der Waals surface area contributed by atoms with E-state index in [-0.39, 0.29) is 29.8 Å². The third kappa shape index (κ3) is 3.65. The molecule has 2 amide bonds. The summed E-state index contributed by atoms with van der Waals surface area (Å²) in [5.41, 5.74) is 1.57. The molecule has 1 atom stereocenters. The predicted molar refractivity (Wildman–Crippen MR) is 114 cm³/mol. The van der Waals surface area contributed by atoms with Crippen molar-refractivity contribution in [2.45, 2.75) is 25.0 Å². The molecular weight excluding hydrogens is 396 g/mol. The molecule has 2 aliphatic heterocycles. The van der Waals surface area contributed by atoms with Crippen LogP contribution in [0, 0.1) is 0 Å². The van der Waals surface area contributed by atoms with Crippen LogP contribution in [0.25, 0.3) is 11.0 Å². The molecule has 2 saturated heterocycles. The maximum absolute atomic E-state index is 12.9. The number of fused-ring (bicyclic) bond motifs is 1. The fourth-order valence-electron chi connectivity index (χ4n) is 4.32. The smallest absolute Gasteiger partial charge is 0.410 e. The highest BCUT2D eigenvalue weighted by Gasteiger charge is 2.38. The van der Waals surface area contributed by atoms with E-state index in [9.17, 15) is 14.4 Å². The number of aromatic nitrogens is 2. The number of hydrogen-bond acceptors (Lipinski definition) is 5. The number of ether oxygens (including phenoxy) is 1. The summed E-state index contributed by atoms with van der Waals surface area (Å²) in [5, 5.41) is 0. The lowest BCUT2D eigenvalue weighted by Gasteiger charge is -2.35. The van der Waals surface area contributed by atoms with Crippen molar-refractivity contribution < 1.29 is 14.3 Å². The second-order valence-electron chi connectivity index (χ2n) is 7.89. The highest BCUT2D eigenvalue weighted by atomic mass is 16.6. The van der Waals surface area contributed by atoms with E-state index in [0.717, 1.165) is 5.56 Å². The largest absolute Gasteiger partial charge is 0.439 e. The average molecular weight is 418 g/mol. The van der Waals surface area contributed by atoms with Crippen LogP contribution >= 0.6 is 0 Å². The molecule has 2 fully saturated rings. The first-order chi connectivity index (χ1) is 15.1. The zero-order valence-electron chi connectivity index (χ0n) is 16.9. The molecule has 3 heterocycles. The fourth-order valence-corrected chi connectivity index (χ4v) is 4.32. The van der Waals surface area contributed by atoms with Crippen LogP contribution in [-0.2, 0) is 4.74 Å². The number of aromatic amines is 1. The van der Waals surface area contributed by atoms with E-state index in [2.05, 4.69) is 9.97 Å². The number of amides is 2. The number of carbonyl (C=O) groups excluding carboxylic acids is 2. The molecule has 1 unspecified atom stereocenters. The van der Waals surface area contributed by atoms with Crippen molar-refractivity contribution in [3.05, 3.63) is 76.2 Å². The molecular formula is C23H22N4O4. The summed E-state index contributed by atoms with van der Waals surface area (Å²) in [7, 11) is 0. The van der Waals surface area contributed by atoms with Crippen LogP contribution < -0.4 is 5.56 Å². The van der Waals surface area contributed by atoms with Crippen LogP contribution in [0.15, 0.2) is 59.4 Å². The monoisotopic (exact) mass is 418 g/mol. The third-order valence-corrected chi connectivity index (χ3v) is 6.01. The molecule has 2 aromatic carbocycles. The lowest BCUT2D eigenvalue weighted by atomic mass is 10.0. The van der Waals surface area contributed by atoms with Gasteiger partial charge in [0.25, 0.3) is 11.5 Å². The fraction of sp³-hybridized carbons (Fsp3) is 0.304. The summed E-state index contributed by atoms with van der Waals surface area (Å²) in [5.74, 6) is -0.378. The minimum absolute atomic E-state index is 0.00751. The van der Waals surface area contributed by atoms with Gasteiger partial charge in [0.15, 0.2) is 5.69 Å². The maximum atomic E-state index is 12.9. The number of para-hydroxylation sites is 2. The standard InChI is InChI=1S/C23H22N4O4/c28-21-20(24-17-8-4-5-9-18(17)25-21)22(29)26-12-10-16(11-13-26)27-14-19(31-23(27)30)15-6-2-1-3-7-15/h1-9,16,19H,10-14H2,(H,25,28). The van der Waals surface area contributed by atoms with Crippen LogP contribution in [0.5, 0.6) is 0 Å². The van der Waals surface area contributed by atoms with Gasteiger partial charge < -0.3 is 19.5 Å². The molecule has 3 aromatic rings. The quantitative estimate of drug-likeness (QED) is 0.706. The van der Waals surface area contributed by atoms with E-state index in [1.54, 1.807) is 28.0 Å². The maximum Gasteiger partial charge on any atom is 0.410 e. The summed E-state index contributed by atoms with van der Waals surface area (Å²) >= 11 is 0. The van der Waals surface area contributed by atoms with Gasteiger partial charge in [0, 0.05) is 19.1 Å². The second kappa shape index (κ2) is 7.86. The summed E-state index contributed by atoms with van der Waals surface area (Å²) in [6.45, 7) is 1.42. The SMILES string of the molecule is O=C(c1nc2ccccc2[nH]c1=O)N1CCC(N2CC(c3ccccc3)OC2=O)CC1. The van der Waals surface area contributed by atoms with Crippen molar-refractivity contribution in [2.75, 3.05) is 19.6 Å². The molecule has 0 bridgehead atoms. The van der Waals surface area contributed by atoms with E-state index in [4.69, 9.17) is 4.74 Å². The van der Waals surface area contributed by atoms with Crippen molar-refractivity contribution in [3.63, 3.8) is 0 Å². The number of nitrogens with zero attached hydrogens (tertiary/aromatic N) is 3. The molecule has 5 rings (SSSR count). The first-order valence-corrected chi connectivity index (χ1v) is 10.4. The van der Waals surface area contributed by atoms with Gasteiger partial charge in [-0.25, -0.2) is 9.78 Å². The number of hydrogen-bond donors (Lipinski definition) is 1. The van der Waals surface area contributed by atoms with Crippen molar-refractivity contribution in [3.8, 4) is 0 Å². The van der Waals surface area contributed by atoms with Gasteiger partial charge in [-0.2, -0.15) is 0 Å². The molecule has 2 aliphatic rings. The van der Waals surface area contributed by atoms with E-state index < -0.39 is 5.56 Å². The molecule has 8 nitrogen and oxygen atoms in total. The molecule has 0 aliphatic carbocycles. The highest BCUT2D eigenvalue weighted by molar-refractivity contribution is 5.93. The van der Waals surface area contributed by atoms with Gasteiger partial charge in [0.2, 0.25) is 0 Å². The Bertz CT molecular complexity index is 1180. The Kier molecular flexibility index (Phi) is 4.89. The van der Waals surface area contributed by atoms with Crippen molar-refractivity contribution in [1.29, 1.82) is 0 Å². The van der Waals surface area contributed by atoms with Gasteiger partial charge in [0.05, 0.1) is 17.6 Å². The minimum Gasteiger partial charge on any atom is -0.439 e. The van der Waals surface area contributed by atoms with E-state index in [1.165, 1.54) is 0 Å². The number of nitrogens with one attached hydrogen (secondary N) is 1. The third-order valence-electron chi connectivity index (χ3n) is 6.01. The zero-order chi connectivity index (χ0) is 21.4. The number of benzene rings is 2. The summed E-state index contributed by atoms with van der Waals surface area (Å²) in [6.07, 6.45) is 0.682. The van der Waals surface area contributed by atoms with E-state index in [0.29, 0.717) is 43.5 Å². The number of carbonyl (C=O) groups is 2.